The molecule has 2 saturated heterocycles. The Hall–Kier alpha value is -6.64. The van der Waals surface area contributed by atoms with Gasteiger partial charge in [0, 0.05) is 61.3 Å². The van der Waals surface area contributed by atoms with Gasteiger partial charge in [0.1, 0.15) is 52.1 Å². The number of aromatic amines is 2. The number of fused-ring (bicyclic) bond motifs is 2. The molecule has 0 saturated carbocycles. The van der Waals surface area contributed by atoms with E-state index in [1.807, 2.05) is 83.8 Å². The van der Waals surface area contributed by atoms with Gasteiger partial charge in [-0.15, -0.1) is 0 Å². The van der Waals surface area contributed by atoms with Crippen LogP contribution < -0.4 is 19.5 Å². The zero-order chi connectivity index (χ0) is 47.2. The molecule has 2 aliphatic rings. The topological polar surface area (TPSA) is 170 Å². The Morgan fingerprint density at radius 1 is 0.682 bits per heavy atom. The van der Waals surface area contributed by atoms with Crippen LogP contribution >= 0.6 is 0 Å². The highest BCUT2D eigenvalue weighted by Crippen LogP contribution is 2.37. The minimum absolute atomic E-state index is 0.0195. The van der Waals surface area contributed by atoms with Crippen LogP contribution in [0, 0.1) is 25.7 Å². The fourth-order valence-electron chi connectivity index (χ4n) is 8.67. The highest BCUT2D eigenvalue weighted by molar-refractivity contribution is 5.89. The third-order valence-electron chi connectivity index (χ3n) is 12.8. The van der Waals surface area contributed by atoms with Crippen molar-refractivity contribution in [2.45, 2.75) is 118 Å². The van der Waals surface area contributed by atoms with Crippen LogP contribution in [0.25, 0.3) is 44.3 Å². The fraction of sp³-hybridized carbons (Fsp3) is 0.451. The summed E-state index contributed by atoms with van der Waals surface area (Å²) in [6, 6.07) is 16.1. The Labute approximate surface area is 386 Å². The summed E-state index contributed by atoms with van der Waals surface area (Å²) in [5, 5.41) is 12.0. The molecular weight excluding hydrogens is 833 g/mol. The lowest BCUT2D eigenvalue weighted by molar-refractivity contribution is -0.129. The summed E-state index contributed by atoms with van der Waals surface area (Å²) in [5.74, 6) is 4.40. The number of benzene rings is 3. The standard InChI is InChI=1S/C30H37N5O3.C21H27N5O2/c1-18(21-8-10-25(37-7)11-9-21)34-16-23(14-28(34)36)19(2)38-27-13-22(12-26-29(27)33-20(3)32-26)24-15-31-35(17-24)30(4,5)6;1-12(15-8-19(27)22-9-15)28-18-7-14(6-17-20(18)25-13(2)24-17)16-10-23-26(11-16)21(3,4)5/h8-13,15,17-19,23H,14,16H2,1-7H3,(H,32,33);6-7,10-12,15H,8-9H2,1-5H3,(H,22,27)(H,24,25)/t18-,19+,23+;12-,15-/m01/s1. The number of likely N-dealkylation sites (tertiary alicyclic amines) is 1. The molecule has 0 radical (unpaired) electrons. The van der Waals surface area contributed by atoms with Gasteiger partial charge in [0.05, 0.1) is 47.7 Å². The average molecular weight is 897 g/mol. The van der Waals surface area contributed by atoms with E-state index in [9.17, 15) is 9.59 Å². The number of methoxy groups -OCH3 is 1. The van der Waals surface area contributed by atoms with E-state index in [2.05, 4.69) is 110 Å². The van der Waals surface area contributed by atoms with E-state index in [0.717, 1.165) is 73.0 Å². The summed E-state index contributed by atoms with van der Waals surface area (Å²) >= 11 is 0. The number of amides is 2. The smallest absolute Gasteiger partial charge is 0.223 e. The van der Waals surface area contributed by atoms with Gasteiger partial charge in [-0.2, -0.15) is 10.2 Å². The number of carbonyl (C=O) groups is 2. The Balaban J connectivity index is 0.000000188. The average Bonchev–Trinajstić information content (AvgIpc) is 4.12. The van der Waals surface area contributed by atoms with Crippen LogP contribution in [-0.4, -0.2) is 88.6 Å². The number of nitrogens with one attached hydrogen (secondary N) is 3. The van der Waals surface area contributed by atoms with Crippen molar-refractivity contribution in [1.82, 2.24) is 49.7 Å². The molecule has 6 heterocycles. The van der Waals surface area contributed by atoms with Gasteiger partial charge in [0.2, 0.25) is 11.8 Å². The van der Waals surface area contributed by atoms with Gasteiger partial charge in [-0.05, 0) is 129 Å². The highest BCUT2D eigenvalue weighted by Gasteiger charge is 2.37. The predicted octanol–water partition coefficient (Wildman–Crippen LogP) is 9.27. The molecule has 9 rings (SSSR count). The van der Waals surface area contributed by atoms with Gasteiger partial charge in [-0.25, -0.2) is 9.97 Å². The van der Waals surface area contributed by atoms with Gasteiger partial charge in [0.15, 0.2) is 0 Å². The minimum Gasteiger partial charge on any atom is -0.497 e. The maximum atomic E-state index is 13.0. The van der Waals surface area contributed by atoms with Crippen molar-refractivity contribution in [3.05, 3.63) is 90.5 Å². The third-order valence-corrected chi connectivity index (χ3v) is 12.8. The van der Waals surface area contributed by atoms with Crippen molar-refractivity contribution in [3.63, 3.8) is 0 Å². The molecule has 0 bridgehead atoms. The summed E-state index contributed by atoms with van der Waals surface area (Å²) in [7, 11) is 1.65. The molecule has 3 aromatic carbocycles. The zero-order valence-corrected chi connectivity index (χ0v) is 40.3. The lowest BCUT2D eigenvalue weighted by atomic mass is 10.0. The number of imidazole rings is 2. The molecule has 15 heteroatoms. The number of H-pyrrole nitrogens is 2. The number of carbonyl (C=O) groups excluding carboxylic acids is 2. The second-order valence-electron chi connectivity index (χ2n) is 19.9. The van der Waals surface area contributed by atoms with Gasteiger partial charge in [-0.3, -0.25) is 19.0 Å². The Morgan fingerprint density at radius 3 is 1.62 bits per heavy atom. The first-order valence-corrected chi connectivity index (χ1v) is 22.9. The Kier molecular flexibility index (Phi) is 12.5. The molecule has 0 spiro atoms. The lowest BCUT2D eigenvalue weighted by Crippen LogP contribution is -2.31. The van der Waals surface area contributed by atoms with E-state index in [4.69, 9.17) is 19.2 Å². The second-order valence-corrected chi connectivity index (χ2v) is 19.9. The first-order valence-electron chi connectivity index (χ1n) is 22.9. The van der Waals surface area contributed by atoms with Crippen LogP contribution in [0.15, 0.2) is 73.3 Å². The van der Waals surface area contributed by atoms with Crippen LogP contribution in [-0.2, 0) is 20.7 Å². The summed E-state index contributed by atoms with van der Waals surface area (Å²) in [5.41, 5.74) is 8.44. The number of ether oxygens (including phenoxy) is 3. The summed E-state index contributed by atoms with van der Waals surface area (Å²) in [6.45, 7) is 24.1. The molecule has 0 unspecified atom stereocenters. The summed E-state index contributed by atoms with van der Waals surface area (Å²) in [6.07, 6.45) is 8.58. The maximum Gasteiger partial charge on any atom is 0.223 e. The molecule has 3 N–H and O–H groups in total. The van der Waals surface area contributed by atoms with E-state index < -0.39 is 0 Å². The summed E-state index contributed by atoms with van der Waals surface area (Å²) < 4.78 is 22.1. The van der Waals surface area contributed by atoms with Gasteiger partial charge < -0.3 is 34.4 Å². The van der Waals surface area contributed by atoms with Gasteiger partial charge in [-0.1, -0.05) is 12.1 Å². The highest BCUT2D eigenvalue weighted by atomic mass is 16.5. The Morgan fingerprint density at radius 2 is 1.18 bits per heavy atom. The van der Waals surface area contributed by atoms with Crippen LogP contribution in [0.1, 0.15) is 98.4 Å². The first-order chi connectivity index (χ1) is 31.2. The molecule has 0 aliphatic carbocycles. The van der Waals surface area contributed by atoms with Crippen LogP contribution in [0.3, 0.4) is 0 Å². The number of hydrogen-bond acceptors (Lipinski definition) is 9. The van der Waals surface area contributed by atoms with E-state index in [1.54, 1.807) is 7.11 Å². The quantitative estimate of drug-likeness (QED) is 0.115. The normalized spacial score (nSPS) is 18.0. The molecular formula is C51H64N10O5. The minimum atomic E-state index is -0.167. The number of aryl methyl sites for hydroxylation is 2. The molecule has 4 aromatic heterocycles. The third kappa shape index (κ3) is 9.80. The fourth-order valence-corrected chi connectivity index (χ4v) is 8.67. The number of nitrogens with zero attached hydrogens (tertiary/aromatic N) is 7. The van der Waals surface area contributed by atoms with Gasteiger partial charge >= 0.3 is 0 Å². The van der Waals surface area contributed by atoms with E-state index in [-0.39, 0.29) is 53.0 Å². The molecule has 2 amide bonds. The van der Waals surface area contributed by atoms with Crippen molar-refractivity contribution in [2.75, 3.05) is 20.2 Å². The van der Waals surface area contributed by atoms with Crippen molar-refractivity contribution < 1.29 is 23.8 Å². The number of rotatable bonds is 11. The Bertz CT molecular complexity index is 2860. The van der Waals surface area contributed by atoms with Crippen LogP contribution in [0.2, 0.25) is 0 Å². The van der Waals surface area contributed by atoms with Crippen molar-refractivity contribution in [3.8, 4) is 39.5 Å². The van der Waals surface area contributed by atoms with E-state index in [0.29, 0.717) is 31.7 Å². The zero-order valence-electron chi connectivity index (χ0n) is 40.3. The molecule has 7 aromatic rings. The number of aromatic nitrogens is 8. The molecule has 15 nitrogen and oxygen atoms in total. The van der Waals surface area contributed by atoms with E-state index in [1.165, 1.54) is 0 Å². The molecule has 66 heavy (non-hydrogen) atoms. The molecule has 5 atom stereocenters. The lowest BCUT2D eigenvalue weighted by Gasteiger charge is -2.27. The SMILES string of the molecule is COc1ccc([C@H](C)N2C[C@H]([C@@H](C)Oc3cc(-c4cnn(C(C)(C)C)c4)cc4[nH]c(C)nc34)CC2=O)cc1.Cc1nc2c(O[C@H](C)[C@H]3CNC(=O)C3)cc(-c3cnn(C(C)(C)C)c3)cc2[nH]1. The monoisotopic (exact) mass is 897 g/mol. The number of hydrogen-bond donors (Lipinski definition) is 3. The van der Waals surface area contributed by atoms with Crippen LogP contribution in [0.4, 0.5) is 0 Å². The van der Waals surface area contributed by atoms with Crippen molar-refractivity contribution >= 4 is 33.9 Å². The molecule has 348 valence electrons. The van der Waals surface area contributed by atoms with Gasteiger partial charge in [0.25, 0.3) is 0 Å². The maximum absolute atomic E-state index is 13.0. The summed E-state index contributed by atoms with van der Waals surface area (Å²) in [4.78, 5) is 42.5. The van der Waals surface area contributed by atoms with Crippen molar-refractivity contribution in [1.29, 1.82) is 0 Å². The first kappa shape index (κ1) is 45.9. The predicted molar refractivity (Wildman–Crippen MR) is 257 cm³/mol. The molecule has 2 aliphatic heterocycles. The molecule has 2 fully saturated rings. The second kappa shape index (κ2) is 18.0. The largest absolute Gasteiger partial charge is 0.497 e. The van der Waals surface area contributed by atoms with E-state index >= 15 is 0 Å². The van der Waals surface area contributed by atoms with Crippen molar-refractivity contribution in [2.24, 2.45) is 11.8 Å². The van der Waals surface area contributed by atoms with Crippen LogP contribution in [0.5, 0.6) is 17.2 Å².